The van der Waals surface area contributed by atoms with E-state index in [1.165, 1.54) is 12.8 Å². The average Bonchev–Trinajstić information content (AvgIpc) is 2.91. The molecule has 3 rings (SSSR count). The number of rotatable bonds is 2. The van der Waals surface area contributed by atoms with Crippen molar-refractivity contribution in [3.8, 4) is 0 Å². The fourth-order valence-electron chi connectivity index (χ4n) is 2.80. The fourth-order valence-corrected chi connectivity index (χ4v) is 2.80. The van der Waals surface area contributed by atoms with Crippen molar-refractivity contribution >= 4 is 16.9 Å². The van der Waals surface area contributed by atoms with Crippen LogP contribution in [0.4, 0.5) is 0 Å². The molecule has 1 N–H and O–H groups in total. The minimum absolute atomic E-state index is 0.377. The monoisotopic (exact) mass is 241 g/mol. The molecule has 1 saturated carbocycles. The van der Waals surface area contributed by atoms with Crippen molar-refractivity contribution in [2.24, 2.45) is 0 Å². The van der Waals surface area contributed by atoms with Gasteiger partial charge in [0.25, 0.3) is 0 Å². The predicted molar refractivity (Wildman–Crippen MR) is 69.9 cm³/mol. The van der Waals surface area contributed by atoms with E-state index < -0.39 is 5.97 Å². The van der Waals surface area contributed by atoms with Crippen molar-refractivity contribution in [3.05, 3.63) is 41.6 Å². The zero-order valence-electron chi connectivity index (χ0n) is 10.1. The number of pyridine rings is 1. The van der Waals surface area contributed by atoms with E-state index in [-0.39, 0.29) is 0 Å². The van der Waals surface area contributed by atoms with Crippen LogP contribution in [0.3, 0.4) is 0 Å². The smallest absolute Gasteiger partial charge is 0.336 e. The lowest BCUT2D eigenvalue weighted by Gasteiger charge is -2.11. The number of aromatic nitrogens is 1. The van der Waals surface area contributed by atoms with Gasteiger partial charge in [-0.3, -0.25) is 4.98 Å². The Labute approximate surface area is 105 Å². The van der Waals surface area contributed by atoms with Gasteiger partial charge in [0.2, 0.25) is 0 Å². The largest absolute Gasteiger partial charge is 0.478 e. The maximum absolute atomic E-state index is 11.4. The third-order valence-electron chi connectivity index (χ3n) is 3.74. The zero-order valence-corrected chi connectivity index (χ0v) is 10.1. The van der Waals surface area contributed by atoms with E-state index in [2.05, 4.69) is 4.98 Å². The minimum atomic E-state index is -0.868. The molecule has 1 aliphatic rings. The summed E-state index contributed by atoms with van der Waals surface area (Å²) in [7, 11) is 0. The molecule has 0 amide bonds. The summed E-state index contributed by atoms with van der Waals surface area (Å²) in [6.07, 6.45) is 4.71. The number of carbonyl (C=O) groups is 1. The highest BCUT2D eigenvalue weighted by atomic mass is 16.4. The van der Waals surface area contributed by atoms with Gasteiger partial charge in [0, 0.05) is 17.0 Å². The van der Waals surface area contributed by atoms with Crippen LogP contribution in [0.15, 0.2) is 30.3 Å². The van der Waals surface area contributed by atoms with Gasteiger partial charge in [-0.15, -0.1) is 0 Å². The molecule has 0 radical (unpaired) electrons. The average molecular weight is 241 g/mol. The normalized spacial score (nSPS) is 16.2. The maximum Gasteiger partial charge on any atom is 0.336 e. The number of aromatic carboxylic acids is 1. The van der Waals surface area contributed by atoms with Crippen LogP contribution in [0, 0.1) is 0 Å². The third-order valence-corrected chi connectivity index (χ3v) is 3.74. The SMILES string of the molecule is O=C(O)c1cc(C2CCCC2)nc2ccccc12. The topological polar surface area (TPSA) is 50.2 Å². The summed E-state index contributed by atoms with van der Waals surface area (Å²) in [6, 6.07) is 9.23. The third kappa shape index (κ3) is 1.86. The first-order valence-electron chi connectivity index (χ1n) is 6.38. The fraction of sp³-hybridized carbons (Fsp3) is 0.333. The quantitative estimate of drug-likeness (QED) is 0.874. The van der Waals surface area contributed by atoms with E-state index >= 15 is 0 Å². The van der Waals surface area contributed by atoms with Crippen molar-refractivity contribution in [3.63, 3.8) is 0 Å². The van der Waals surface area contributed by atoms with Gasteiger partial charge >= 0.3 is 5.97 Å². The number of carboxylic acid groups (broad SMARTS) is 1. The highest BCUT2D eigenvalue weighted by Crippen LogP contribution is 2.34. The Morgan fingerprint density at radius 2 is 1.94 bits per heavy atom. The number of benzene rings is 1. The summed E-state index contributed by atoms with van der Waals surface area (Å²) >= 11 is 0. The second-order valence-electron chi connectivity index (χ2n) is 4.90. The van der Waals surface area contributed by atoms with Crippen LogP contribution in [0.25, 0.3) is 10.9 Å². The van der Waals surface area contributed by atoms with Crippen LogP contribution < -0.4 is 0 Å². The van der Waals surface area contributed by atoms with Gasteiger partial charge < -0.3 is 5.11 Å². The van der Waals surface area contributed by atoms with Crippen molar-refractivity contribution < 1.29 is 9.90 Å². The molecular formula is C15H15NO2. The lowest BCUT2D eigenvalue weighted by atomic mass is 9.99. The first-order valence-corrected chi connectivity index (χ1v) is 6.38. The Kier molecular flexibility index (Phi) is 2.74. The first-order chi connectivity index (χ1) is 8.75. The molecule has 3 heteroatoms. The van der Waals surface area contributed by atoms with Crippen molar-refractivity contribution in [1.82, 2.24) is 4.98 Å². The van der Waals surface area contributed by atoms with Gasteiger partial charge in [0.05, 0.1) is 11.1 Å². The number of nitrogens with zero attached hydrogens (tertiary/aromatic N) is 1. The Balaban J connectivity index is 2.19. The van der Waals surface area contributed by atoms with Crippen LogP contribution in [-0.2, 0) is 0 Å². The molecule has 1 aliphatic carbocycles. The molecule has 0 bridgehead atoms. The molecule has 0 aliphatic heterocycles. The number of hydrogen-bond acceptors (Lipinski definition) is 2. The Morgan fingerprint density at radius 3 is 2.67 bits per heavy atom. The van der Waals surface area contributed by atoms with Crippen molar-refractivity contribution in [2.45, 2.75) is 31.6 Å². The Bertz CT molecular complexity index is 600. The lowest BCUT2D eigenvalue weighted by molar-refractivity contribution is 0.0699. The standard InChI is InChI=1S/C15H15NO2/c17-15(18)12-9-14(10-5-1-2-6-10)16-13-8-4-3-7-11(12)13/h3-4,7-10H,1-2,5-6H2,(H,17,18). The Hall–Kier alpha value is -1.90. The van der Waals surface area contributed by atoms with E-state index in [9.17, 15) is 9.90 Å². The van der Waals surface area contributed by atoms with E-state index in [4.69, 9.17) is 0 Å². The molecular weight excluding hydrogens is 226 g/mol. The summed E-state index contributed by atoms with van der Waals surface area (Å²) in [4.78, 5) is 16.0. The highest BCUT2D eigenvalue weighted by molar-refractivity contribution is 6.02. The van der Waals surface area contributed by atoms with Crippen molar-refractivity contribution in [1.29, 1.82) is 0 Å². The molecule has 1 aromatic heterocycles. The van der Waals surface area contributed by atoms with Gasteiger partial charge in [-0.05, 0) is 25.0 Å². The van der Waals surface area contributed by atoms with E-state index in [0.717, 1.165) is 29.4 Å². The minimum Gasteiger partial charge on any atom is -0.478 e. The van der Waals surface area contributed by atoms with Crippen molar-refractivity contribution in [2.75, 3.05) is 0 Å². The summed E-state index contributed by atoms with van der Waals surface area (Å²) in [5, 5.41) is 10.1. The lowest BCUT2D eigenvalue weighted by Crippen LogP contribution is -2.04. The molecule has 2 aromatic rings. The summed E-state index contributed by atoms with van der Waals surface area (Å²) in [5.41, 5.74) is 2.12. The Morgan fingerprint density at radius 1 is 1.22 bits per heavy atom. The van der Waals surface area contributed by atoms with Gasteiger partial charge in [0.15, 0.2) is 0 Å². The first kappa shape index (κ1) is 11.2. The van der Waals surface area contributed by atoms with Gasteiger partial charge in [0.1, 0.15) is 0 Å². The molecule has 3 nitrogen and oxygen atoms in total. The molecule has 0 saturated heterocycles. The molecule has 0 atom stereocenters. The number of hydrogen-bond donors (Lipinski definition) is 1. The van der Waals surface area contributed by atoms with Crippen LogP contribution in [0.1, 0.15) is 47.7 Å². The van der Waals surface area contributed by atoms with Crippen LogP contribution >= 0.6 is 0 Å². The predicted octanol–water partition coefficient (Wildman–Crippen LogP) is 3.59. The van der Waals surface area contributed by atoms with E-state index in [1.54, 1.807) is 6.07 Å². The summed E-state index contributed by atoms with van der Waals surface area (Å²) < 4.78 is 0. The molecule has 1 fully saturated rings. The zero-order chi connectivity index (χ0) is 12.5. The van der Waals surface area contributed by atoms with Crippen LogP contribution in [0.2, 0.25) is 0 Å². The molecule has 92 valence electrons. The second-order valence-corrected chi connectivity index (χ2v) is 4.90. The number of carboxylic acids is 1. The van der Waals surface area contributed by atoms with Crippen LogP contribution in [-0.4, -0.2) is 16.1 Å². The van der Waals surface area contributed by atoms with Gasteiger partial charge in [-0.2, -0.15) is 0 Å². The van der Waals surface area contributed by atoms with Gasteiger partial charge in [-0.1, -0.05) is 31.0 Å². The second kappa shape index (κ2) is 4.41. The summed E-state index contributed by atoms with van der Waals surface area (Å²) in [6.45, 7) is 0. The maximum atomic E-state index is 11.4. The molecule has 1 heterocycles. The van der Waals surface area contributed by atoms with E-state index in [1.807, 2.05) is 24.3 Å². The summed E-state index contributed by atoms with van der Waals surface area (Å²) in [5.74, 6) is -0.430. The van der Waals surface area contributed by atoms with Crippen LogP contribution in [0.5, 0.6) is 0 Å². The molecule has 0 spiro atoms. The number of fused-ring (bicyclic) bond motifs is 1. The molecule has 0 unspecified atom stereocenters. The highest BCUT2D eigenvalue weighted by Gasteiger charge is 2.21. The van der Waals surface area contributed by atoms with Gasteiger partial charge in [-0.25, -0.2) is 4.79 Å². The molecule has 18 heavy (non-hydrogen) atoms. The number of para-hydroxylation sites is 1. The molecule has 1 aromatic carbocycles. The van der Waals surface area contributed by atoms with E-state index in [0.29, 0.717) is 11.5 Å².